The van der Waals surface area contributed by atoms with Gasteiger partial charge in [-0.25, -0.2) is 0 Å². The molecule has 1 aliphatic rings. The third kappa shape index (κ3) is 2.07. The minimum atomic E-state index is 0.314. The van der Waals surface area contributed by atoms with Gasteiger partial charge in [-0.3, -0.25) is 0 Å². The summed E-state index contributed by atoms with van der Waals surface area (Å²) < 4.78 is 0. The lowest BCUT2D eigenvalue weighted by molar-refractivity contribution is 0.580. The van der Waals surface area contributed by atoms with Crippen molar-refractivity contribution in [3.05, 3.63) is 30.5 Å². The second-order valence-electron chi connectivity index (χ2n) is 4.42. The highest BCUT2D eigenvalue weighted by Gasteiger charge is 2.19. The molecular formula is C13H14ClN3. The van der Waals surface area contributed by atoms with E-state index in [1.807, 2.05) is 18.3 Å². The molecule has 0 spiro atoms. The Labute approximate surface area is 105 Å². The van der Waals surface area contributed by atoms with Crippen LogP contribution in [0.15, 0.2) is 30.5 Å². The van der Waals surface area contributed by atoms with Gasteiger partial charge >= 0.3 is 0 Å². The SMILES string of the molecule is ClC1CCN(c2nncc3ccccc23)CC1. The van der Waals surface area contributed by atoms with Gasteiger partial charge in [0.1, 0.15) is 0 Å². The fourth-order valence-electron chi connectivity index (χ4n) is 2.31. The van der Waals surface area contributed by atoms with E-state index in [2.05, 4.69) is 27.2 Å². The Hall–Kier alpha value is -1.35. The smallest absolute Gasteiger partial charge is 0.159 e. The summed E-state index contributed by atoms with van der Waals surface area (Å²) in [6.07, 6.45) is 3.85. The molecule has 2 aromatic rings. The van der Waals surface area contributed by atoms with Gasteiger partial charge in [-0.2, -0.15) is 5.10 Å². The number of fused-ring (bicyclic) bond motifs is 1. The highest BCUT2D eigenvalue weighted by atomic mass is 35.5. The molecule has 0 N–H and O–H groups in total. The number of hydrogen-bond donors (Lipinski definition) is 0. The van der Waals surface area contributed by atoms with Gasteiger partial charge in [0.05, 0.1) is 6.20 Å². The fraction of sp³-hybridized carbons (Fsp3) is 0.385. The fourth-order valence-corrected chi connectivity index (χ4v) is 2.50. The molecule has 1 saturated heterocycles. The lowest BCUT2D eigenvalue weighted by Gasteiger charge is -2.30. The van der Waals surface area contributed by atoms with Crippen LogP contribution < -0.4 is 4.90 Å². The van der Waals surface area contributed by atoms with Crippen LogP contribution in [0.5, 0.6) is 0 Å². The van der Waals surface area contributed by atoms with E-state index in [1.54, 1.807) is 0 Å². The molecule has 1 aliphatic heterocycles. The van der Waals surface area contributed by atoms with Gasteiger partial charge in [0, 0.05) is 29.2 Å². The minimum Gasteiger partial charge on any atom is -0.355 e. The molecule has 0 radical (unpaired) electrons. The van der Waals surface area contributed by atoms with E-state index in [-0.39, 0.29) is 0 Å². The first-order chi connectivity index (χ1) is 8.34. The monoisotopic (exact) mass is 247 g/mol. The first-order valence-corrected chi connectivity index (χ1v) is 6.38. The third-order valence-electron chi connectivity index (χ3n) is 3.28. The summed E-state index contributed by atoms with van der Waals surface area (Å²) in [6, 6.07) is 8.24. The Morgan fingerprint density at radius 3 is 2.76 bits per heavy atom. The summed E-state index contributed by atoms with van der Waals surface area (Å²) in [5.74, 6) is 0.992. The highest BCUT2D eigenvalue weighted by molar-refractivity contribution is 6.20. The van der Waals surface area contributed by atoms with Crippen molar-refractivity contribution in [2.45, 2.75) is 18.2 Å². The molecule has 0 unspecified atom stereocenters. The third-order valence-corrected chi connectivity index (χ3v) is 3.71. The van der Waals surface area contributed by atoms with Crippen LogP contribution in [0.2, 0.25) is 0 Å². The second kappa shape index (κ2) is 4.49. The van der Waals surface area contributed by atoms with Crippen molar-refractivity contribution in [2.24, 2.45) is 0 Å². The van der Waals surface area contributed by atoms with Gasteiger partial charge < -0.3 is 4.90 Å². The number of aromatic nitrogens is 2. The zero-order chi connectivity index (χ0) is 11.7. The Kier molecular flexibility index (Phi) is 2.85. The molecule has 3 rings (SSSR count). The number of anilines is 1. The van der Waals surface area contributed by atoms with E-state index in [1.165, 1.54) is 5.39 Å². The van der Waals surface area contributed by atoms with Gasteiger partial charge in [0.2, 0.25) is 0 Å². The molecule has 1 aromatic heterocycles. The topological polar surface area (TPSA) is 29.0 Å². The first-order valence-electron chi connectivity index (χ1n) is 5.94. The molecule has 0 aliphatic carbocycles. The normalized spacial score (nSPS) is 17.6. The van der Waals surface area contributed by atoms with Crippen LogP contribution in [0.4, 0.5) is 5.82 Å². The molecule has 1 fully saturated rings. The summed E-state index contributed by atoms with van der Waals surface area (Å²) in [4.78, 5) is 2.29. The van der Waals surface area contributed by atoms with Crippen LogP contribution in [-0.2, 0) is 0 Å². The van der Waals surface area contributed by atoms with Crippen LogP contribution in [0.1, 0.15) is 12.8 Å². The summed E-state index contributed by atoms with van der Waals surface area (Å²) in [7, 11) is 0. The maximum Gasteiger partial charge on any atom is 0.159 e. The average Bonchev–Trinajstić information content (AvgIpc) is 2.39. The Balaban J connectivity index is 2.00. The summed E-state index contributed by atoms with van der Waals surface area (Å²) in [5, 5.41) is 11.0. The minimum absolute atomic E-state index is 0.314. The van der Waals surface area contributed by atoms with Gasteiger partial charge in [0.25, 0.3) is 0 Å². The lowest BCUT2D eigenvalue weighted by atomic mass is 10.1. The van der Waals surface area contributed by atoms with Crippen molar-refractivity contribution in [3.8, 4) is 0 Å². The van der Waals surface area contributed by atoms with E-state index < -0.39 is 0 Å². The molecule has 1 aromatic carbocycles. The lowest BCUT2D eigenvalue weighted by Crippen LogP contribution is -2.34. The molecule has 0 saturated carbocycles. The first kappa shape index (κ1) is 10.8. The van der Waals surface area contributed by atoms with Crippen molar-refractivity contribution in [1.82, 2.24) is 10.2 Å². The van der Waals surface area contributed by atoms with Crippen LogP contribution >= 0.6 is 11.6 Å². The summed E-state index contributed by atoms with van der Waals surface area (Å²) in [6.45, 7) is 1.94. The zero-order valence-electron chi connectivity index (χ0n) is 9.51. The standard InChI is InChI=1S/C13H14ClN3/c14-11-5-7-17(8-6-11)13-12-4-2-1-3-10(12)9-15-16-13/h1-4,9,11H,5-8H2. The predicted octanol–water partition coefficient (Wildman–Crippen LogP) is 2.84. The van der Waals surface area contributed by atoms with E-state index in [9.17, 15) is 0 Å². The number of halogens is 1. The van der Waals surface area contributed by atoms with Gasteiger partial charge in [-0.05, 0) is 12.8 Å². The van der Waals surface area contributed by atoms with Crippen LogP contribution in [0, 0.1) is 0 Å². The number of alkyl halides is 1. The number of piperidine rings is 1. The molecule has 0 bridgehead atoms. The number of rotatable bonds is 1. The predicted molar refractivity (Wildman–Crippen MR) is 70.6 cm³/mol. The average molecular weight is 248 g/mol. The molecule has 17 heavy (non-hydrogen) atoms. The highest BCUT2D eigenvalue weighted by Crippen LogP contribution is 2.26. The van der Waals surface area contributed by atoms with Crippen LogP contribution in [0.25, 0.3) is 10.8 Å². The maximum absolute atomic E-state index is 6.12. The van der Waals surface area contributed by atoms with E-state index in [0.717, 1.165) is 37.1 Å². The van der Waals surface area contributed by atoms with Gasteiger partial charge in [-0.1, -0.05) is 24.3 Å². The zero-order valence-corrected chi connectivity index (χ0v) is 10.3. The van der Waals surface area contributed by atoms with E-state index in [4.69, 9.17) is 11.6 Å². The van der Waals surface area contributed by atoms with Gasteiger partial charge in [0.15, 0.2) is 5.82 Å². The molecule has 4 heteroatoms. The number of nitrogens with zero attached hydrogens (tertiary/aromatic N) is 3. The van der Waals surface area contributed by atoms with Crippen molar-refractivity contribution in [1.29, 1.82) is 0 Å². The van der Waals surface area contributed by atoms with Crippen molar-refractivity contribution >= 4 is 28.2 Å². The largest absolute Gasteiger partial charge is 0.355 e. The Morgan fingerprint density at radius 2 is 1.94 bits per heavy atom. The van der Waals surface area contributed by atoms with E-state index in [0.29, 0.717) is 5.38 Å². The second-order valence-corrected chi connectivity index (χ2v) is 5.03. The molecule has 88 valence electrons. The van der Waals surface area contributed by atoms with Crippen LogP contribution in [-0.4, -0.2) is 28.7 Å². The summed E-state index contributed by atoms with van der Waals surface area (Å²) >= 11 is 6.12. The Bertz CT molecular complexity index is 516. The van der Waals surface area contributed by atoms with E-state index >= 15 is 0 Å². The number of hydrogen-bond acceptors (Lipinski definition) is 3. The molecule has 2 heterocycles. The van der Waals surface area contributed by atoms with Crippen LogP contribution in [0.3, 0.4) is 0 Å². The molecule has 3 nitrogen and oxygen atoms in total. The molecular weight excluding hydrogens is 234 g/mol. The van der Waals surface area contributed by atoms with Crippen molar-refractivity contribution in [2.75, 3.05) is 18.0 Å². The van der Waals surface area contributed by atoms with Crippen molar-refractivity contribution < 1.29 is 0 Å². The van der Waals surface area contributed by atoms with Gasteiger partial charge in [-0.15, -0.1) is 16.7 Å². The Morgan fingerprint density at radius 1 is 1.18 bits per heavy atom. The van der Waals surface area contributed by atoms with Crippen molar-refractivity contribution in [3.63, 3.8) is 0 Å². The molecule has 0 atom stereocenters. The quantitative estimate of drug-likeness (QED) is 0.726. The summed E-state index contributed by atoms with van der Waals surface area (Å²) in [5.41, 5.74) is 0. The maximum atomic E-state index is 6.12. The number of benzene rings is 1. The molecule has 0 amide bonds.